The lowest BCUT2D eigenvalue weighted by Crippen LogP contribution is -2.02. The van der Waals surface area contributed by atoms with Gasteiger partial charge in [-0.15, -0.1) is 0 Å². The van der Waals surface area contributed by atoms with Gasteiger partial charge >= 0.3 is 6.72 Å². The highest BCUT2D eigenvalue weighted by atomic mass is 79.9. The Morgan fingerprint density at radius 3 is 1.50 bits per heavy atom. The standard InChI is InChI=1S/C20H10Br4ClO3PS/c21-13-5-1-3-11-7-9-15(19(23)17(11)13)26-29(30,28-25)27-16-10-8-12-4-2-6-14(22)18(12)20(16)24/h1-10H. The second-order valence-electron chi connectivity index (χ2n) is 6.13. The van der Waals surface area contributed by atoms with Crippen molar-refractivity contribution in [2.75, 3.05) is 0 Å². The first kappa shape index (κ1) is 23.0. The summed E-state index contributed by atoms with van der Waals surface area (Å²) in [7, 11) is 0. The Morgan fingerprint density at radius 2 is 1.10 bits per heavy atom. The maximum Gasteiger partial charge on any atom is 0.451 e. The lowest BCUT2D eigenvalue weighted by molar-refractivity contribution is 0.397. The first-order valence-electron chi connectivity index (χ1n) is 8.36. The third-order valence-corrected chi connectivity index (χ3v) is 9.66. The first-order valence-corrected chi connectivity index (χ1v) is 14.4. The molecule has 4 aromatic carbocycles. The Hall–Kier alpha value is -0.180. The second kappa shape index (κ2) is 9.36. The fourth-order valence-corrected chi connectivity index (χ4v) is 7.76. The largest absolute Gasteiger partial charge is 0.451 e. The van der Waals surface area contributed by atoms with Gasteiger partial charge in [0.1, 0.15) is 11.5 Å². The van der Waals surface area contributed by atoms with Gasteiger partial charge in [-0.3, -0.25) is 0 Å². The molecule has 0 radical (unpaired) electrons. The Kier molecular flexibility index (Phi) is 7.17. The smallest absolute Gasteiger partial charge is 0.414 e. The summed E-state index contributed by atoms with van der Waals surface area (Å²) in [4.78, 5) is 0. The van der Waals surface area contributed by atoms with Crippen molar-refractivity contribution in [3.63, 3.8) is 0 Å². The molecule has 0 aromatic heterocycles. The summed E-state index contributed by atoms with van der Waals surface area (Å²) in [5.74, 6) is 0.938. The van der Waals surface area contributed by atoms with E-state index in [-0.39, 0.29) is 0 Å². The van der Waals surface area contributed by atoms with Crippen LogP contribution in [0, 0.1) is 0 Å². The predicted molar refractivity (Wildman–Crippen MR) is 141 cm³/mol. The minimum absolute atomic E-state index is 0.469. The zero-order valence-corrected chi connectivity index (χ0v) is 23.6. The topological polar surface area (TPSA) is 27.7 Å². The van der Waals surface area contributed by atoms with Crippen molar-refractivity contribution in [3.8, 4) is 11.5 Å². The first-order chi connectivity index (χ1) is 14.3. The van der Waals surface area contributed by atoms with Gasteiger partial charge in [0.05, 0.1) is 20.8 Å². The van der Waals surface area contributed by atoms with Gasteiger partial charge < -0.3 is 9.05 Å². The lowest BCUT2D eigenvalue weighted by atomic mass is 10.1. The highest BCUT2D eigenvalue weighted by Crippen LogP contribution is 2.55. The van der Waals surface area contributed by atoms with E-state index in [4.69, 9.17) is 36.8 Å². The normalized spacial score (nSPS) is 11.8. The Balaban J connectivity index is 1.73. The molecule has 10 heteroatoms. The highest BCUT2D eigenvalue weighted by Gasteiger charge is 2.28. The van der Waals surface area contributed by atoms with Crippen LogP contribution in [-0.2, 0) is 15.9 Å². The van der Waals surface area contributed by atoms with Crippen LogP contribution in [-0.4, -0.2) is 0 Å². The molecular formula is C20H10Br4ClO3PS. The third-order valence-electron chi connectivity index (χ3n) is 4.30. The van der Waals surface area contributed by atoms with Crippen LogP contribution in [0.15, 0.2) is 78.6 Å². The summed E-state index contributed by atoms with van der Waals surface area (Å²) < 4.78 is 20.3. The maximum atomic E-state index is 6.00. The van der Waals surface area contributed by atoms with Crippen LogP contribution in [0.1, 0.15) is 0 Å². The van der Waals surface area contributed by atoms with E-state index >= 15 is 0 Å². The summed E-state index contributed by atoms with van der Waals surface area (Å²) in [6, 6.07) is 19.3. The number of rotatable bonds is 5. The number of fused-ring (bicyclic) bond motifs is 2. The summed E-state index contributed by atoms with van der Waals surface area (Å²) in [6.45, 7) is -3.38. The number of halogens is 5. The minimum atomic E-state index is -3.38. The third kappa shape index (κ3) is 4.48. The molecule has 0 N–H and O–H groups in total. The van der Waals surface area contributed by atoms with Crippen LogP contribution in [0.4, 0.5) is 0 Å². The van der Waals surface area contributed by atoms with Gasteiger partial charge in [0.25, 0.3) is 0 Å². The van der Waals surface area contributed by atoms with E-state index in [9.17, 15) is 0 Å². The Morgan fingerprint density at radius 1 is 0.667 bits per heavy atom. The van der Waals surface area contributed by atoms with Gasteiger partial charge in [0, 0.05) is 31.5 Å². The Labute approximate surface area is 217 Å². The minimum Gasteiger partial charge on any atom is -0.414 e. The molecule has 0 aliphatic heterocycles. The molecule has 4 rings (SSSR count). The number of hydrogen-bond donors (Lipinski definition) is 0. The zero-order valence-electron chi connectivity index (χ0n) is 14.7. The molecule has 154 valence electrons. The zero-order chi connectivity index (χ0) is 21.5. The summed E-state index contributed by atoms with van der Waals surface area (Å²) in [5, 5.41) is 3.96. The van der Waals surface area contributed by atoms with Crippen LogP contribution in [0.2, 0.25) is 0 Å². The summed E-state index contributed by atoms with van der Waals surface area (Å²) in [6.07, 6.45) is 0. The van der Waals surface area contributed by atoms with E-state index in [0.29, 0.717) is 11.5 Å². The fourth-order valence-electron chi connectivity index (χ4n) is 2.97. The van der Waals surface area contributed by atoms with Crippen molar-refractivity contribution in [2.45, 2.75) is 0 Å². The summed E-state index contributed by atoms with van der Waals surface area (Å²) in [5.41, 5.74) is 0. The van der Waals surface area contributed by atoms with Crippen molar-refractivity contribution in [2.24, 2.45) is 0 Å². The van der Waals surface area contributed by atoms with E-state index in [1.165, 1.54) is 0 Å². The lowest BCUT2D eigenvalue weighted by Gasteiger charge is -2.22. The molecule has 0 spiro atoms. The fraction of sp³-hybridized carbons (Fsp3) is 0. The van der Waals surface area contributed by atoms with Gasteiger partial charge in [-0.1, -0.05) is 68.3 Å². The molecule has 0 bridgehead atoms. The molecular weight excluding hydrogens is 706 g/mol. The van der Waals surface area contributed by atoms with E-state index in [1.54, 1.807) is 12.1 Å². The number of hydrogen-bond acceptors (Lipinski definition) is 4. The average molecular weight is 716 g/mol. The average Bonchev–Trinajstić information content (AvgIpc) is 2.72. The molecule has 0 amide bonds. The molecule has 0 saturated carbocycles. The van der Waals surface area contributed by atoms with Crippen molar-refractivity contribution in [3.05, 3.63) is 78.6 Å². The van der Waals surface area contributed by atoms with Crippen LogP contribution >= 0.6 is 82.3 Å². The molecule has 0 fully saturated rings. The monoisotopic (exact) mass is 712 g/mol. The van der Waals surface area contributed by atoms with Crippen molar-refractivity contribution < 1.29 is 13.1 Å². The SMILES string of the molecule is S=P(OCl)(Oc1ccc2cccc(Br)c2c1Br)Oc1ccc2cccc(Br)c2c1Br. The van der Waals surface area contributed by atoms with Crippen LogP contribution in [0.5, 0.6) is 11.5 Å². The molecule has 0 aliphatic rings. The van der Waals surface area contributed by atoms with Crippen LogP contribution in [0.3, 0.4) is 0 Å². The molecule has 4 aromatic rings. The van der Waals surface area contributed by atoms with Gasteiger partial charge in [-0.2, -0.15) is 4.08 Å². The Bertz CT molecular complexity index is 1240. The van der Waals surface area contributed by atoms with Gasteiger partial charge in [0.2, 0.25) is 0 Å². The van der Waals surface area contributed by atoms with Gasteiger partial charge in [0.15, 0.2) is 0 Å². The molecule has 30 heavy (non-hydrogen) atoms. The predicted octanol–water partition coefficient (Wildman–Crippen LogP) is 9.90. The van der Waals surface area contributed by atoms with E-state index in [1.807, 2.05) is 48.5 Å². The maximum absolute atomic E-state index is 6.00. The van der Waals surface area contributed by atoms with Crippen LogP contribution < -0.4 is 9.05 Å². The molecule has 0 unspecified atom stereocenters. The second-order valence-corrected chi connectivity index (χ2v) is 12.6. The summed E-state index contributed by atoms with van der Waals surface area (Å²) >= 11 is 25.6. The molecule has 3 nitrogen and oxygen atoms in total. The van der Waals surface area contributed by atoms with E-state index < -0.39 is 6.72 Å². The van der Waals surface area contributed by atoms with E-state index in [2.05, 4.69) is 63.7 Å². The van der Waals surface area contributed by atoms with Crippen molar-refractivity contribution in [1.29, 1.82) is 0 Å². The molecule has 0 atom stereocenters. The van der Waals surface area contributed by atoms with Crippen molar-refractivity contribution in [1.82, 2.24) is 0 Å². The quantitative estimate of drug-likeness (QED) is 0.192. The molecule has 0 heterocycles. The molecule has 0 aliphatic carbocycles. The number of benzene rings is 4. The van der Waals surface area contributed by atoms with Gasteiger partial charge in [-0.05, 0) is 66.9 Å². The van der Waals surface area contributed by atoms with Crippen LogP contribution in [0.25, 0.3) is 21.5 Å². The molecule has 0 saturated heterocycles. The van der Waals surface area contributed by atoms with Gasteiger partial charge in [-0.25, -0.2) is 0 Å². The van der Waals surface area contributed by atoms with E-state index in [0.717, 1.165) is 39.4 Å². The van der Waals surface area contributed by atoms with Crippen molar-refractivity contribution >= 4 is 116 Å². The highest BCUT2D eigenvalue weighted by molar-refractivity contribution is 9.11.